The third kappa shape index (κ3) is 3.38. The molecule has 1 aromatic rings. The second-order valence-corrected chi connectivity index (χ2v) is 4.58. The highest BCUT2D eigenvalue weighted by Crippen LogP contribution is 2.26. The average Bonchev–Trinajstić information content (AvgIpc) is 2.13. The summed E-state index contributed by atoms with van der Waals surface area (Å²) >= 11 is 0. The Morgan fingerprint density at radius 3 is 2.17 bits per heavy atom. The van der Waals surface area contributed by atoms with E-state index in [1.807, 2.05) is 0 Å². The van der Waals surface area contributed by atoms with Crippen LogP contribution in [0.5, 0.6) is 11.5 Å². The Balaban J connectivity index is 2.92. The van der Waals surface area contributed by atoms with Gasteiger partial charge in [-0.15, -0.1) is 0 Å². The molecule has 6 heteroatoms. The van der Waals surface area contributed by atoms with Gasteiger partial charge in [0, 0.05) is 5.54 Å². The average molecular weight is 253 g/mol. The molecule has 0 radical (unpaired) electrons. The highest BCUT2D eigenvalue weighted by Gasteiger charge is 2.26. The molecule has 0 saturated carbocycles. The standard InChI is InChI=1S/C12H15NO5/c1-12(2,6-9(16)17)13-11(18)10-7(14)4-3-5-8(10)15/h3-5,14-15H,6H2,1-2H3,(H,13,18)(H,16,17). The number of carbonyl (C=O) groups excluding carboxylic acids is 1. The van der Waals surface area contributed by atoms with E-state index in [9.17, 15) is 19.8 Å². The van der Waals surface area contributed by atoms with Crippen LogP contribution in [0.2, 0.25) is 0 Å². The van der Waals surface area contributed by atoms with Crippen molar-refractivity contribution < 1.29 is 24.9 Å². The van der Waals surface area contributed by atoms with Gasteiger partial charge in [-0.1, -0.05) is 6.07 Å². The first kappa shape index (κ1) is 13.8. The van der Waals surface area contributed by atoms with Gasteiger partial charge in [0.2, 0.25) is 0 Å². The van der Waals surface area contributed by atoms with Crippen LogP contribution in [0.4, 0.5) is 0 Å². The lowest BCUT2D eigenvalue weighted by Crippen LogP contribution is -2.44. The molecule has 0 aliphatic rings. The van der Waals surface area contributed by atoms with E-state index in [1.54, 1.807) is 0 Å². The van der Waals surface area contributed by atoms with Crippen LogP contribution in [0.3, 0.4) is 0 Å². The molecule has 0 saturated heterocycles. The lowest BCUT2D eigenvalue weighted by Gasteiger charge is -2.24. The fourth-order valence-electron chi connectivity index (χ4n) is 1.55. The zero-order valence-corrected chi connectivity index (χ0v) is 10.1. The zero-order valence-electron chi connectivity index (χ0n) is 10.1. The monoisotopic (exact) mass is 253 g/mol. The molecule has 6 nitrogen and oxygen atoms in total. The number of hydrogen-bond donors (Lipinski definition) is 4. The van der Waals surface area contributed by atoms with Gasteiger partial charge in [-0.25, -0.2) is 0 Å². The normalized spacial score (nSPS) is 11.0. The molecule has 1 rings (SSSR count). The highest BCUT2D eigenvalue weighted by molar-refractivity contribution is 6.00. The third-order valence-corrected chi connectivity index (χ3v) is 2.29. The Kier molecular flexibility index (Phi) is 3.80. The molecule has 18 heavy (non-hydrogen) atoms. The van der Waals surface area contributed by atoms with E-state index < -0.39 is 17.4 Å². The molecule has 0 aliphatic carbocycles. The summed E-state index contributed by atoms with van der Waals surface area (Å²) in [6.07, 6.45) is -0.271. The van der Waals surface area contributed by atoms with Crippen molar-refractivity contribution >= 4 is 11.9 Å². The molecule has 0 atom stereocenters. The van der Waals surface area contributed by atoms with Gasteiger partial charge in [0.1, 0.15) is 17.1 Å². The Bertz CT molecular complexity index is 461. The smallest absolute Gasteiger partial charge is 0.305 e. The molecule has 0 fully saturated rings. The molecule has 0 bridgehead atoms. The van der Waals surface area contributed by atoms with E-state index in [1.165, 1.54) is 32.0 Å². The maximum atomic E-state index is 11.9. The maximum absolute atomic E-state index is 11.9. The van der Waals surface area contributed by atoms with Gasteiger partial charge < -0.3 is 20.6 Å². The summed E-state index contributed by atoms with van der Waals surface area (Å²) in [6.45, 7) is 3.08. The lowest BCUT2D eigenvalue weighted by molar-refractivity contribution is -0.138. The fourth-order valence-corrected chi connectivity index (χ4v) is 1.55. The number of amides is 1. The predicted molar refractivity (Wildman–Crippen MR) is 63.6 cm³/mol. The number of aromatic hydroxyl groups is 2. The first-order valence-corrected chi connectivity index (χ1v) is 5.28. The zero-order chi connectivity index (χ0) is 13.9. The van der Waals surface area contributed by atoms with Gasteiger partial charge in [0.25, 0.3) is 5.91 Å². The van der Waals surface area contributed by atoms with Gasteiger partial charge in [-0.3, -0.25) is 9.59 Å². The molecule has 1 amide bonds. The molecule has 1 aromatic carbocycles. The first-order chi connectivity index (χ1) is 8.23. The van der Waals surface area contributed by atoms with Crippen molar-refractivity contribution in [2.75, 3.05) is 0 Å². The largest absolute Gasteiger partial charge is 0.507 e. The number of phenols is 2. The molecule has 0 aromatic heterocycles. The summed E-state index contributed by atoms with van der Waals surface area (Å²) in [5.41, 5.74) is -1.26. The van der Waals surface area contributed by atoms with E-state index in [-0.39, 0.29) is 23.5 Å². The van der Waals surface area contributed by atoms with Crippen LogP contribution in [0.15, 0.2) is 18.2 Å². The summed E-state index contributed by atoms with van der Waals surface area (Å²) < 4.78 is 0. The summed E-state index contributed by atoms with van der Waals surface area (Å²) in [7, 11) is 0. The number of hydrogen-bond acceptors (Lipinski definition) is 4. The Hall–Kier alpha value is -2.24. The molecule has 4 N–H and O–H groups in total. The van der Waals surface area contributed by atoms with Crippen LogP contribution in [-0.4, -0.2) is 32.7 Å². The molecular formula is C12H15NO5. The fraction of sp³-hybridized carbons (Fsp3) is 0.333. The van der Waals surface area contributed by atoms with Crippen LogP contribution in [-0.2, 0) is 4.79 Å². The van der Waals surface area contributed by atoms with Gasteiger partial charge in [0.15, 0.2) is 0 Å². The molecule has 0 unspecified atom stereocenters. The summed E-state index contributed by atoms with van der Waals surface area (Å²) in [4.78, 5) is 22.5. The lowest BCUT2D eigenvalue weighted by atomic mass is 10.00. The van der Waals surface area contributed by atoms with Crippen LogP contribution < -0.4 is 5.32 Å². The van der Waals surface area contributed by atoms with Crippen molar-refractivity contribution in [1.82, 2.24) is 5.32 Å². The number of carbonyl (C=O) groups is 2. The minimum atomic E-state index is -1.05. The molecule has 98 valence electrons. The third-order valence-electron chi connectivity index (χ3n) is 2.29. The van der Waals surface area contributed by atoms with E-state index >= 15 is 0 Å². The molecule has 0 heterocycles. The summed E-state index contributed by atoms with van der Waals surface area (Å²) in [5, 5.41) is 30.1. The molecule has 0 aliphatic heterocycles. The minimum absolute atomic E-state index is 0.268. The van der Waals surface area contributed by atoms with Crippen molar-refractivity contribution in [1.29, 1.82) is 0 Å². The van der Waals surface area contributed by atoms with Crippen LogP contribution >= 0.6 is 0 Å². The van der Waals surface area contributed by atoms with Crippen LogP contribution in [0.25, 0.3) is 0 Å². The van der Waals surface area contributed by atoms with Crippen molar-refractivity contribution in [2.45, 2.75) is 25.8 Å². The van der Waals surface area contributed by atoms with Crippen molar-refractivity contribution in [2.24, 2.45) is 0 Å². The van der Waals surface area contributed by atoms with Gasteiger partial charge >= 0.3 is 5.97 Å². The Morgan fingerprint density at radius 1 is 1.22 bits per heavy atom. The van der Waals surface area contributed by atoms with Crippen molar-refractivity contribution in [3.63, 3.8) is 0 Å². The topological polar surface area (TPSA) is 107 Å². The quantitative estimate of drug-likeness (QED) is 0.642. The number of phenolic OH excluding ortho intramolecular Hbond substituents is 2. The second kappa shape index (κ2) is 4.95. The number of rotatable bonds is 4. The SMILES string of the molecule is CC(C)(CC(=O)O)NC(=O)c1c(O)cccc1O. The number of nitrogens with one attached hydrogen (secondary N) is 1. The van der Waals surface area contributed by atoms with Gasteiger partial charge in [0.05, 0.1) is 6.42 Å². The second-order valence-electron chi connectivity index (χ2n) is 4.58. The van der Waals surface area contributed by atoms with Crippen LogP contribution in [0.1, 0.15) is 30.6 Å². The number of aliphatic carboxylic acids is 1. The summed E-state index contributed by atoms with van der Waals surface area (Å²) in [5.74, 6) is -2.50. The Labute approximate surface area is 104 Å². The van der Waals surface area contributed by atoms with Crippen molar-refractivity contribution in [3.8, 4) is 11.5 Å². The number of benzene rings is 1. The number of carboxylic acid groups (broad SMARTS) is 1. The van der Waals surface area contributed by atoms with E-state index in [0.29, 0.717) is 0 Å². The minimum Gasteiger partial charge on any atom is -0.507 e. The van der Waals surface area contributed by atoms with E-state index in [2.05, 4.69) is 5.32 Å². The molecular weight excluding hydrogens is 238 g/mol. The van der Waals surface area contributed by atoms with Crippen LogP contribution in [0, 0.1) is 0 Å². The van der Waals surface area contributed by atoms with E-state index in [0.717, 1.165) is 0 Å². The molecule has 0 spiro atoms. The summed E-state index contributed by atoms with van der Waals surface area (Å²) in [6, 6.07) is 3.92. The highest BCUT2D eigenvalue weighted by atomic mass is 16.4. The first-order valence-electron chi connectivity index (χ1n) is 5.28. The van der Waals surface area contributed by atoms with Crippen molar-refractivity contribution in [3.05, 3.63) is 23.8 Å². The maximum Gasteiger partial charge on any atom is 0.305 e. The Morgan fingerprint density at radius 2 is 1.72 bits per heavy atom. The number of carboxylic acids is 1. The van der Waals surface area contributed by atoms with Gasteiger partial charge in [-0.2, -0.15) is 0 Å². The van der Waals surface area contributed by atoms with Gasteiger partial charge in [-0.05, 0) is 26.0 Å². The predicted octanol–water partition coefficient (Wildman–Crippen LogP) is 1.08. The van der Waals surface area contributed by atoms with E-state index in [4.69, 9.17) is 5.11 Å².